The predicted molar refractivity (Wildman–Crippen MR) is 65.3 cm³/mol. The monoisotopic (exact) mass is 220 g/mol. The van der Waals surface area contributed by atoms with Crippen molar-refractivity contribution in [3.8, 4) is 0 Å². The second-order valence-corrected chi connectivity index (χ2v) is 4.45. The first-order valence-electron chi connectivity index (χ1n) is 5.87. The van der Waals surface area contributed by atoms with Crippen LogP contribution in [0.25, 0.3) is 0 Å². The number of benzene rings is 1. The number of rotatable bonds is 3. The van der Waals surface area contributed by atoms with Crippen molar-refractivity contribution in [2.45, 2.75) is 19.6 Å². The number of hydrogen-bond donors (Lipinski definition) is 1. The maximum Gasteiger partial charge on any atom is 0.0824 e. The molecule has 0 unspecified atom stereocenters. The Labute approximate surface area is 97.2 Å². The third-order valence-electron chi connectivity index (χ3n) is 2.97. The van der Waals surface area contributed by atoms with Crippen LogP contribution in [0.15, 0.2) is 24.3 Å². The third-order valence-corrected chi connectivity index (χ3v) is 2.97. The van der Waals surface area contributed by atoms with E-state index >= 15 is 0 Å². The van der Waals surface area contributed by atoms with Crippen LogP contribution < -0.4 is 5.73 Å². The van der Waals surface area contributed by atoms with E-state index in [-0.39, 0.29) is 6.10 Å². The number of hydrogen-bond acceptors (Lipinski definition) is 3. The first kappa shape index (κ1) is 11.6. The second-order valence-electron chi connectivity index (χ2n) is 4.45. The first-order chi connectivity index (χ1) is 7.78. The molecular weight excluding hydrogens is 200 g/mol. The number of ether oxygens (including phenoxy) is 1. The van der Waals surface area contributed by atoms with Crippen molar-refractivity contribution in [3.05, 3.63) is 35.4 Å². The highest BCUT2D eigenvalue weighted by molar-refractivity contribution is 5.22. The van der Waals surface area contributed by atoms with E-state index in [0.717, 1.165) is 26.2 Å². The first-order valence-corrected chi connectivity index (χ1v) is 5.87. The van der Waals surface area contributed by atoms with Gasteiger partial charge in [0.15, 0.2) is 0 Å². The molecule has 2 N–H and O–H groups in total. The number of morpholine rings is 1. The lowest BCUT2D eigenvalue weighted by Crippen LogP contribution is -2.45. The molecule has 0 aromatic heterocycles. The summed E-state index contributed by atoms with van der Waals surface area (Å²) in [6, 6.07) is 8.67. The highest BCUT2D eigenvalue weighted by Crippen LogP contribution is 2.11. The van der Waals surface area contributed by atoms with Crippen molar-refractivity contribution in [2.24, 2.45) is 5.73 Å². The minimum Gasteiger partial charge on any atom is -0.374 e. The van der Waals surface area contributed by atoms with Crippen LogP contribution in [0.3, 0.4) is 0 Å². The minimum absolute atomic E-state index is 0.207. The summed E-state index contributed by atoms with van der Waals surface area (Å²) >= 11 is 0. The molecule has 1 aliphatic rings. The molecule has 0 amide bonds. The standard InChI is InChI=1S/C13H20N2O/c1-11-3-2-4-12(7-11)9-15-5-6-16-13(8-14)10-15/h2-4,7,13H,5-6,8-10,14H2,1H3/t13-/m0/s1. The molecular formula is C13H20N2O. The minimum atomic E-state index is 0.207. The van der Waals surface area contributed by atoms with E-state index in [9.17, 15) is 0 Å². The second kappa shape index (κ2) is 5.43. The molecule has 1 atom stereocenters. The maximum absolute atomic E-state index is 5.63. The SMILES string of the molecule is Cc1cccc(CN2CCO[C@@H](CN)C2)c1. The lowest BCUT2D eigenvalue weighted by atomic mass is 10.1. The van der Waals surface area contributed by atoms with Crippen LogP contribution in [-0.2, 0) is 11.3 Å². The van der Waals surface area contributed by atoms with E-state index in [2.05, 4.69) is 36.1 Å². The lowest BCUT2D eigenvalue weighted by molar-refractivity contribution is -0.0260. The molecule has 1 fully saturated rings. The summed E-state index contributed by atoms with van der Waals surface area (Å²) in [7, 11) is 0. The fourth-order valence-corrected chi connectivity index (χ4v) is 2.14. The van der Waals surface area contributed by atoms with Crippen molar-refractivity contribution in [3.63, 3.8) is 0 Å². The van der Waals surface area contributed by atoms with Crippen molar-refractivity contribution in [2.75, 3.05) is 26.2 Å². The van der Waals surface area contributed by atoms with E-state index in [4.69, 9.17) is 10.5 Å². The molecule has 1 saturated heterocycles. The van der Waals surface area contributed by atoms with Gasteiger partial charge in [0.25, 0.3) is 0 Å². The van der Waals surface area contributed by atoms with Gasteiger partial charge < -0.3 is 10.5 Å². The van der Waals surface area contributed by atoms with Gasteiger partial charge in [-0.25, -0.2) is 0 Å². The van der Waals surface area contributed by atoms with Gasteiger partial charge in [-0.2, -0.15) is 0 Å². The molecule has 1 aliphatic heterocycles. The summed E-state index contributed by atoms with van der Waals surface area (Å²) in [6.07, 6.45) is 0.207. The van der Waals surface area contributed by atoms with Crippen molar-refractivity contribution < 1.29 is 4.74 Å². The molecule has 1 aromatic carbocycles. The van der Waals surface area contributed by atoms with Gasteiger partial charge in [-0.05, 0) is 12.5 Å². The molecule has 2 rings (SSSR count). The van der Waals surface area contributed by atoms with Crippen LogP contribution in [0.5, 0.6) is 0 Å². The van der Waals surface area contributed by atoms with Crippen molar-refractivity contribution in [1.29, 1.82) is 0 Å². The van der Waals surface area contributed by atoms with Crippen molar-refractivity contribution in [1.82, 2.24) is 4.90 Å². The molecule has 0 spiro atoms. The predicted octanol–water partition coefficient (Wildman–Crippen LogP) is 1.15. The molecule has 16 heavy (non-hydrogen) atoms. The molecule has 1 aromatic rings. The average molecular weight is 220 g/mol. The van der Waals surface area contributed by atoms with E-state index in [1.807, 2.05) is 0 Å². The quantitative estimate of drug-likeness (QED) is 0.830. The van der Waals surface area contributed by atoms with Crippen LogP contribution in [0.1, 0.15) is 11.1 Å². The van der Waals surface area contributed by atoms with Gasteiger partial charge in [0.1, 0.15) is 0 Å². The number of nitrogens with zero attached hydrogens (tertiary/aromatic N) is 1. The highest BCUT2D eigenvalue weighted by atomic mass is 16.5. The zero-order valence-corrected chi connectivity index (χ0v) is 9.86. The van der Waals surface area contributed by atoms with Gasteiger partial charge in [-0.15, -0.1) is 0 Å². The maximum atomic E-state index is 5.63. The zero-order valence-electron chi connectivity index (χ0n) is 9.86. The van der Waals surface area contributed by atoms with Gasteiger partial charge in [0.05, 0.1) is 12.7 Å². The molecule has 0 saturated carbocycles. The van der Waals surface area contributed by atoms with E-state index in [0.29, 0.717) is 6.54 Å². The Bertz CT molecular complexity index is 340. The van der Waals surface area contributed by atoms with Crippen LogP contribution in [0.4, 0.5) is 0 Å². The summed E-state index contributed by atoms with van der Waals surface area (Å²) in [5.41, 5.74) is 8.32. The van der Waals surface area contributed by atoms with Gasteiger partial charge in [-0.3, -0.25) is 4.90 Å². The van der Waals surface area contributed by atoms with E-state index < -0.39 is 0 Å². The molecule has 0 bridgehead atoms. The topological polar surface area (TPSA) is 38.5 Å². The van der Waals surface area contributed by atoms with Gasteiger partial charge in [-0.1, -0.05) is 29.8 Å². The molecule has 0 aliphatic carbocycles. The van der Waals surface area contributed by atoms with E-state index in [1.54, 1.807) is 0 Å². The third kappa shape index (κ3) is 3.04. The molecule has 88 valence electrons. The Morgan fingerprint density at radius 3 is 3.12 bits per heavy atom. The van der Waals surface area contributed by atoms with Crippen LogP contribution in [0.2, 0.25) is 0 Å². The van der Waals surface area contributed by atoms with Gasteiger partial charge in [0.2, 0.25) is 0 Å². The Hall–Kier alpha value is -0.900. The lowest BCUT2D eigenvalue weighted by Gasteiger charge is -2.32. The molecule has 1 heterocycles. The summed E-state index contributed by atoms with van der Waals surface area (Å²) < 4.78 is 5.55. The smallest absolute Gasteiger partial charge is 0.0824 e. The van der Waals surface area contributed by atoms with Gasteiger partial charge in [0, 0.05) is 26.2 Å². The Morgan fingerprint density at radius 1 is 1.50 bits per heavy atom. The fraction of sp³-hybridized carbons (Fsp3) is 0.538. The summed E-state index contributed by atoms with van der Waals surface area (Å²) in [4.78, 5) is 2.41. The average Bonchev–Trinajstić information content (AvgIpc) is 2.29. The largest absolute Gasteiger partial charge is 0.374 e. The van der Waals surface area contributed by atoms with Crippen LogP contribution in [-0.4, -0.2) is 37.2 Å². The van der Waals surface area contributed by atoms with Crippen LogP contribution >= 0.6 is 0 Å². The Balaban J connectivity index is 1.94. The van der Waals surface area contributed by atoms with Crippen molar-refractivity contribution >= 4 is 0 Å². The summed E-state index contributed by atoms with van der Waals surface area (Å²) in [5.74, 6) is 0. The number of nitrogens with two attached hydrogens (primary N) is 1. The Morgan fingerprint density at radius 2 is 2.38 bits per heavy atom. The van der Waals surface area contributed by atoms with Gasteiger partial charge >= 0.3 is 0 Å². The molecule has 3 nitrogen and oxygen atoms in total. The zero-order chi connectivity index (χ0) is 11.4. The number of aryl methyl sites for hydroxylation is 1. The summed E-state index contributed by atoms with van der Waals surface area (Å²) in [6.45, 7) is 6.50. The molecule has 0 radical (unpaired) electrons. The normalized spacial score (nSPS) is 22.2. The van der Waals surface area contributed by atoms with E-state index in [1.165, 1.54) is 11.1 Å². The Kier molecular flexibility index (Phi) is 3.93. The van der Waals surface area contributed by atoms with Crippen LogP contribution in [0, 0.1) is 6.92 Å². The highest BCUT2D eigenvalue weighted by Gasteiger charge is 2.18. The molecule has 3 heteroatoms. The summed E-state index contributed by atoms with van der Waals surface area (Å²) in [5, 5.41) is 0. The fourth-order valence-electron chi connectivity index (χ4n) is 2.14.